The molecular weight excluding hydrogens is 246 g/mol. The van der Waals surface area contributed by atoms with E-state index in [9.17, 15) is 0 Å². The molecule has 2 rings (SSSR count). The summed E-state index contributed by atoms with van der Waals surface area (Å²) in [5.41, 5.74) is 1.18. The summed E-state index contributed by atoms with van der Waals surface area (Å²) in [6.07, 6.45) is 0.869. The van der Waals surface area contributed by atoms with Gasteiger partial charge in [0.15, 0.2) is 0 Å². The Kier molecular flexibility index (Phi) is 4.72. The zero-order valence-corrected chi connectivity index (χ0v) is 12.3. The van der Waals surface area contributed by atoms with E-state index in [1.54, 1.807) is 0 Å². The summed E-state index contributed by atoms with van der Waals surface area (Å²) in [5, 5.41) is 10.3. The molecule has 5 heteroatoms. The Hall–Kier alpha value is -0.490. The van der Waals surface area contributed by atoms with Gasteiger partial charge in [-0.25, -0.2) is 4.98 Å². The predicted molar refractivity (Wildman–Crippen MR) is 75.0 cm³/mol. The Morgan fingerprint density at radius 2 is 2.17 bits per heavy atom. The van der Waals surface area contributed by atoms with Crippen molar-refractivity contribution in [1.29, 1.82) is 0 Å². The predicted octanol–water partition coefficient (Wildman–Crippen LogP) is 1.26. The van der Waals surface area contributed by atoms with Crippen molar-refractivity contribution in [2.24, 2.45) is 0 Å². The molecule has 4 nitrogen and oxygen atoms in total. The number of likely N-dealkylation sites (N-methyl/N-ethyl adjacent to an activating group) is 1. The lowest BCUT2D eigenvalue weighted by Crippen LogP contribution is -2.51. The van der Waals surface area contributed by atoms with Gasteiger partial charge in [-0.1, -0.05) is 0 Å². The van der Waals surface area contributed by atoms with Crippen molar-refractivity contribution >= 4 is 11.3 Å². The zero-order chi connectivity index (χ0) is 13.1. The van der Waals surface area contributed by atoms with Crippen LogP contribution >= 0.6 is 11.3 Å². The lowest BCUT2D eigenvalue weighted by atomic mass is 10.1. The Bertz CT molecular complexity index is 394. The van der Waals surface area contributed by atoms with Gasteiger partial charge in [-0.05, 0) is 27.3 Å². The molecule has 0 amide bonds. The van der Waals surface area contributed by atoms with Crippen LogP contribution in [0.2, 0.25) is 0 Å². The molecule has 0 saturated carbocycles. The standard InChI is InChI=1S/C13H23N3OS/c1-10-13(18-11(2)14-10)9-16-6-5-15(3)12(8-16)4-7-17/h12,17H,4-9H2,1-3H3/t12-/m1/s1. The van der Waals surface area contributed by atoms with Crippen molar-refractivity contribution in [3.8, 4) is 0 Å². The highest BCUT2D eigenvalue weighted by Crippen LogP contribution is 2.21. The van der Waals surface area contributed by atoms with Crippen LogP contribution in [-0.2, 0) is 6.54 Å². The lowest BCUT2D eigenvalue weighted by molar-refractivity contribution is 0.0747. The summed E-state index contributed by atoms with van der Waals surface area (Å²) in [5.74, 6) is 0. The molecule has 1 N–H and O–H groups in total. The van der Waals surface area contributed by atoms with Crippen LogP contribution < -0.4 is 0 Å². The average molecular weight is 269 g/mol. The van der Waals surface area contributed by atoms with E-state index in [4.69, 9.17) is 5.11 Å². The smallest absolute Gasteiger partial charge is 0.0900 e. The van der Waals surface area contributed by atoms with Gasteiger partial charge in [0.1, 0.15) is 0 Å². The van der Waals surface area contributed by atoms with E-state index in [-0.39, 0.29) is 6.61 Å². The summed E-state index contributed by atoms with van der Waals surface area (Å²) in [7, 11) is 2.15. The van der Waals surface area contributed by atoms with Crippen LogP contribution in [0.5, 0.6) is 0 Å². The van der Waals surface area contributed by atoms with Crippen LogP contribution in [0.15, 0.2) is 0 Å². The van der Waals surface area contributed by atoms with Gasteiger partial charge in [-0.3, -0.25) is 4.90 Å². The minimum Gasteiger partial charge on any atom is -0.396 e. The molecule has 1 atom stereocenters. The van der Waals surface area contributed by atoms with Crippen molar-refractivity contribution in [3.63, 3.8) is 0 Å². The van der Waals surface area contributed by atoms with Crippen LogP contribution in [-0.4, -0.2) is 59.2 Å². The van der Waals surface area contributed by atoms with E-state index < -0.39 is 0 Å². The molecule has 0 bridgehead atoms. The molecule has 1 aromatic rings. The fraction of sp³-hybridized carbons (Fsp3) is 0.769. The summed E-state index contributed by atoms with van der Waals surface area (Å²) in [4.78, 5) is 10.7. The molecule has 2 heterocycles. The van der Waals surface area contributed by atoms with Crippen molar-refractivity contribution in [3.05, 3.63) is 15.6 Å². The Morgan fingerprint density at radius 3 is 2.78 bits per heavy atom. The number of aromatic nitrogens is 1. The quantitative estimate of drug-likeness (QED) is 0.893. The summed E-state index contributed by atoms with van der Waals surface area (Å²) >= 11 is 1.81. The van der Waals surface area contributed by atoms with Gasteiger partial charge in [0, 0.05) is 43.7 Å². The molecule has 1 aromatic heterocycles. The lowest BCUT2D eigenvalue weighted by Gasteiger charge is -2.39. The van der Waals surface area contributed by atoms with Gasteiger partial charge >= 0.3 is 0 Å². The van der Waals surface area contributed by atoms with Gasteiger partial charge in [0.05, 0.1) is 10.7 Å². The molecule has 1 aliphatic rings. The van der Waals surface area contributed by atoms with Gasteiger partial charge in [0.25, 0.3) is 0 Å². The number of thiazole rings is 1. The highest BCUT2D eigenvalue weighted by atomic mass is 32.1. The average Bonchev–Trinajstić information content (AvgIpc) is 2.62. The first kappa shape index (κ1) is 13.9. The fourth-order valence-corrected chi connectivity index (χ4v) is 3.52. The van der Waals surface area contributed by atoms with Crippen molar-refractivity contribution in [2.45, 2.75) is 32.9 Å². The number of aliphatic hydroxyl groups excluding tert-OH is 1. The molecule has 1 saturated heterocycles. The second-order valence-electron chi connectivity index (χ2n) is 5.12. The molecule has 102 valence electrons. The second kappa shape index (κ2) is 6.10. The van der Waals surface area contributed by atoms with Gasteiger partial charge in [-0.2, -0.15) is 0 Å². The highest BCUT2D eigenvalue weighted by Gasteiger charge is 2.24. The van der Waals surface area contributed by atoms with Gasteiger partial charge < -0.3 is 10.0 Å². The maximum atomic E-state index is 9.11. The first-order chi connectivity index (χ1) is 8.60. The van der Waals surface area contributed by atoms with E-state index in [2.05, 4.69) is 35.7 Å². The maximum absolute atomic E-state index is 9.11. The molecular formula is C13H23N3OS. The fourth-order valence-electron chi connectivity index (χ4n) is 2.54. The third-order valence-corrected chi connectivity index (χ3v) is 4.75. The van der Waals surface area contributed by atoms with Crippen molar-refractivity contribution < 1.29 is 5.11 Å². The zero-order valence-electron chi connectivity index (χ0n) is 11.5. The number of hydrogen-bond acceptors (Lipinski definition) is 5. The van der Waals surface area contributed by atoms with Crippen LogP contribution in [0.25, 0.3) is 0 Å². The largest absolute Gasteiger partial charge is 0.396 e. The van der Waals surface area contributed by atoms with E-state index >= 15 is 0 Å². The van der Waals surface area contributed by atoms with Crippen LogP contribution in [0.3, 0.4) is 0 Å². The van der Waals surface area contributed by atoms with Crippen molar-refractivity contribution in [2.75, 3.05) is 33.3 Å². The molecule has 0 spiro atoms. The van der Waals surface area contributed by atoms with Gasteiger partial charge in [0.2, 0.25) is 0 Å². The highest BCUT2D eigenvalue weighted by molar-refractivity contribution is 7.11. The second-order valence-corrected chi connectivity index (χ2v) is 6.41. The Balaban J connectivity index is 1.96. The number of nitrogens with zero attached hydrogens (tertiary/aromatic N) is 3. The minimum absolute atomic E-state index is 0.279. The molecule has 18 heavy (non-hydrogen) atoms. The van der Waals surface area contributed by atoms with Crippen LogP contribution in [0.4, 0.5) is 0 Å². The monoisotopic (exact) mass is 269 g/mol. The summed E-state index contributed by atoms with van der Waals surface area (Å²) < 4.78 is 0. The normalized spacial score (nSPS) is 22.6. The molecule has 0 radical (unpaired) electrons. The van der Waals surface area contributed by atoms with Crippen molar-refractivity contribution in [1.82, 2.24) is 14.8 Å². The molecule has 0 aromatic carbocycles. The minimum atomic E-state index is 0.279. The third kappa shape index (κ3) is 3.29. The Labute approximate surface area is 113 Å². The number of aliphatic hydroxyl groups is 1. The topological polar surface area (TPSA) is 39.6 Å². The first-order valence-corrected chi connectivity index (χ1v) is 7.38. The van der Waals surface area contributed by atoms with E-state index in [0.29, 0.717) is 6.04 Å². The SMILES string of the molecule is Cc1nc(C)c(CN2CCN(C)[C@H](CCO)C2)s1. The molecule has 0 unspecified atom stereocenters. The molecule has 1 fully saturated rings. The van der Waals surface area contributed by atoms with Gasteiger partial charge in [-0.15, -0.1) is 11.3 Å². The van der Waals surface area contributed by atoms with Crippen LogP contribution in [0, 0.1) is 13.8 Å². The van der Waals surface area contributed by atoms with E-state index in [1.165, 1.54) is 10.6 Å². The maximum Gasteiger partial charge on any atom is 0.0900 e. The summed E-state index contributed by atoms with van der Waals surface area (Å²) in [6.45, 7) is 8.69. The summed E-state index contributed by atoms with van der Waals surface area (Å²) in [6, 6.07) is 0.484. The number of aryl methyl sites for hydroxylation is 2. The molecule has 0 aliphatic carbocycles. The number of piperazine rings is 1. The molecule has 1 aliphatic heterocycles. The van der Waals surface area contributed by atoms with Crippen LogP contribution in [0.1, 0.15) is 22.0 Å². The third-order valence-electron chi connectivity index (χ3n) is 3.69. The van der Waals surface area contributed by atoms with E-state index in [1.807, 2.05) is 11.3 Å². The Morgan fingerprint density at radius 1 is 1.39 bits per heavy atom. The first-order valence-electron chi connectivity index (χ1n) is 6.56. The van der Waals surface area contributed by atoms with E-state index in [0.717, 1.165) is 37.6 Å². The number of rotatable bonds is 4. The number of hydrogen-bond donors (Lipinski definition) is 1.